The molecule has 1 aromatic carbocycles. The molecular weight excluding hydrogens is 381 g/mol. The van der Waals surface area contributed by atoms with Crippen LogP contribution in [0.4, 0.5) is 0 Å². The Hall–Kier alpha value is -2.38. The third-order valence-corrected chi connectivity index (χ3v) is 4.23. The minimum Gasteiger partial charge on any atom is -0.481 e. The van der Waals surface area contributed by atoms with E-state index in [0.29, 0.717) is 44.7 Å². The molecule has 1 atom stereocenters. The molecule has 0 unspecified atom stereocenters. The van der Waals surface area contributed by atoms with E-state index in [0.717, 1.165) is 0 Å². The van der Waals surface area contributed by atoms with Gasteiger partial charge in [-0.1, -0.05) is 35.3 Å². The number of aromatic nitrogens is 3. The number of nitrogens with zero attached hydrogens (tertiary/aromatic N) is 3. The van der Waals surface area contributed by atoms with E-state index in [1.807, 2.05) is 6.92 Å². The van der Waals surface area contributed by atoms with Crippen LogP contribution in [0.25, 0.3) is 11.0 Å². The van der Waals surface area contributed by atoms with Crippen molar-refractivity contribution in [3.05, 3.63) is 46.1 Å². The van der Waals surface area contributed by atoms with E-state index in [9.17, 15) is 4.79 Å². The normalized spacial score (nSPS) is 12.3. The molecule has 9 heteroatoms. The minimum absolute atomic E-state index is 0.0384. The number of carbonyl (C=O) groups is 1. The lowest BCUT2D eigenvalue weighted by Crippen LogP contribution is -2.10. The van der Waals surface area contributed by atoms with Crippen molar-refractivity contribution >= 4 is 40.1 Å². The Morgan fingerprint density at radius 2 is 2.04 bits per heavy atom. The van der Waals surface area contributed by atoms with E-state index in [4.69, 9.17) is 37.6 Å². The Balaban J connectivity index is 1.86. The second kappa shape index (κ2) is 7.88. The zero-order valence-electron chi connectivity index (χ0n) is 13.8. The molecule has 1 N–H and O–H groups in total. The molecule has 0 fully saturated rings. The molecule has 0 aliphatic carbocycles. The fourth-order valence-corrected chi connectivity index (χ4v) is 2.75. The third kappa shape index (κ3) is 4.05. The third-order valence-electron chi connectivity index (χ3n) is 3.74. The SMILES string of the molecule is CC[C@@H](Oc1cc2onc(CCC(=O)O)c2cc1Cl)c1ncc(Cl)cn1. The van der Waals surface area contributed by atoms with Crippen LogP contribution in [0.1, 0.15) is 37.4 Å². The molecule has 3 rings (SSSR count). The molecule has 2 aromatic heterocycles. The second-order valence-corrected chi connectivity index (χ2v) is 6.42. The number of aryl methyl sites for hydroxylation is 1. The highest BCUT2D eigenvalue weighted by Crippen LogP contribution is 2.35. The van der Waals surface area contributed by atoms with Gasteiger partial charge in [0.15, 0.2) is 17.5 Å². The number of aliphatic carboxylic acids is 1. The van der Waals surface area contributed by atoms with E-state index < -0.39 is 12.1 Å². The van der Waals surface area contributed by atoms with Crippen LogP contribution in [0.15, 0.2) is 29.0 Å². The smallest absolute Gasteiger partial charge is 0.303 e. The summed E-state index contributed by atoms with van der Waals surface area (Å²) in [5.74, 6) is -0.000709. The number of ether oxygens (including phenoxy) is 1. The van der Waals surface area contributed by atoms with E-state index in [1.165, 1.54) is 12.4 Å². The number of benzene rings is 1. The summed E-state index contributed by atoms with van der Waals surface area (Å²) in [5, 5.41) is 14.2. The molecule has 0 radical (unpaired) electrons. The van der Waals surface area contributed by atoms with Gasteiger partial charge >= 0.3 is 5.97 Å². The predicted molar refractivity (Wildman–Crippen MR) is 95.7 cm³/mol. The van der Waals surface area contributed by atoms with Gasteiger partial charge in [-0.2, -0.15) is 0 Å². The maximum atomic E-state index is 10.7. The fraction of sp³-hybridized carbons (Fsp3) is 0.294. The molecule has 2 heterocycles. The molecule has 0 bridgehead atoms. The molecule has 7 nitrogen and oxygen atoms in total. The molecule has 0 saturated heterocycles. The molecular formula is C17H15Cl2N3O4. The van der Waals surface area contributed by atoms with Gasteiger partial charge in [-0.3, -0.25) is 4.79 Å². The maximum Gasteiger partial charge on any atom is 0.303 e. The standard InChI is InChI=1S/C17H15Cl2N3O4/c1-2-13(17-20-7-9(18)8-21-17)25-15-6-14-10(5-11(15)19)12(22-26-14)3-4-16(23)24/h5-8,13H,2-4H2,1H3,(H,23,24)/t13-/m1/s1. The largest absolute Gasteiger partial charge is 0.481 e. The number of hydrogen-bond acceptors (Lipinski definition) is 6. The molecule has 0 aliphatic heterocycles. The van der Waals surface area contributed by atoms with Gasteiger partial charge in [0.25, 0.3) is 0 Å². The van der Waals surface area contributed by atoms with Crippen molar-refractivity contribution in [2.75, 3.05) is 0 Å². The van der Waals surface area contributed by atoms with Gasteiger partial charge in [0.2, 0.25) is 0 Å². The maximum absolute atomic E-state index is 10.7. The summed E-state index contributed by atoms with van der Waals surface area (Å²) in [6.07, 6.45) is 3.45. The lowest BCUT2D eigenvalue weighted by atomic mass is 10.1. The monoisotopic (exact) mass is 395 g/mol. The lowest BCUT2D eigenvalue weighted by Gasteiger charge is -2.17. The summed E-state index contributed by atoms with van der Waals surface area (Å²) in [4.78, 5) is 19.1. The van der Waals surface area contributed by atoms with Crippen LogP contribution in [0.3, 0.4) is 0 Å². The van der Waals surface area contributed by atoms with E-state index in [1.54, 1.807) is 12.1 Å². The summed E-state index contributed by atoms with van der Waals surface area (Å²) < 4.78 is 11.2. The van der Waals surface area contributed by atoms with Gasteiger partial charge < -0.3 is 14.4 Å². The Morgan fingerprint density at radius 3 is 2.69 bits per heavy atom. The summed E-state index contributed by atoms with van der Waals surface area (Å²) in [5.41, 5.74) is 1.01. The van der Waals surface area contributed by atoms with Crippen LogP contribution in [0, 0.1) is 0 Å². The van der Waals surface area contributed by atoms with Crippen LogP contribution in [-0.4, -0.2) is 26.2 Å². The first-order valence-corrected chi connectivity index (χ1v) is 8.67. The average Bonchev–Trinajstić information content (AvgIpc) is 3.00. The number of hydrogen-bond donors (Lipinski definition) is 1. The lowest BCUT2D eigenvalue weighted by molar-refractivity contribution is -0.136. The highest BCUT2D eigenvalue weighted by atomic mass is 35.5. The van der Waals surface area contributed by atoms with Crippen molar-refractivity contribution in [2.24, 2.45) is 0 Å². The van der Waals surface area contributed by atoms with Crippen molar-refractivity contribution in [3.63, 3.8) is 0 Å². The van der Waals surface area contributed by atoms with Crippen molar-refractivity contribution in [3.8, 4) is 5.75 Å². The summed E-state index contributed by atoms with van der Waals surface area (Å²) in [6, 6.07) is 3.29. The first kappa shape index (κ1) is 18.4. The van der Waals surface area contributed by atoms with E-state index in [-0.39, 0.29) is 12.8 Å². The van der Waals surface area contributed by atoms with Gasteiger partial charge in [-0.15, -0.1) is 0 Å². The van der Waals surface area contributed by atoms with Crippen molar-refractivity contribution in [1.82, 2.24) is 15.1 Å². The summed E-state index contributed by atoms with van der Waals surface area (Å²) in [7, 11) is 0. The topological polar surface area (TPSA) is 98.3 Å². The van der Waals surface area contributed by atoms with E-state index >= 15 is 0 Å². The molecule has 0 saturated carbocycles. The predicted octanol–water partition coefficient (Wildman–Crippen LogP) is 4.47. The van der Waals surface area contributed by atoms with Crippen molar-refractivity contribution in [1.29, 1.82) is 0 Å². The molecule has 26 heavy (non-hydrogen) atoms. The average molecular weight is 396 g/mol. The van der Waals surface area contributed by atoms with E-state index in [2.05, 4.69) is 15.1 Å². The quantitative estimate of drug-likeness (QED) is 0.629. The Bertz CT molecular complexity index is 928. The Labute approximate surface area is 158 Å². The number of carboxylic acid groups (broad SMARTS) is 1. The van der Waals surface area contributed by atoms with Crippen LogP contribution in [-0.2, 0) is 11.2 Å². The fourth-order valence-electron chi connectivity index (χ4n) is 2.45. The summed E-state index contributed by atoms with van der Waals surface area (Å²) in [6.45, 7) is 1.94. The van der Waals surface area contributed by atoms with Crippen LogP contribution in [0.5, 0.6) is 5.75 Å². The van der Waals surface area contributed by atoms with Crippen molar-refractivity contribution < 1.29 is 19.2 Å². The van der Waals surface area contributed by atoms with Gasteiger partial charge in [-0.05, 0) is 12.5 Å². The Kier molecular flexibility index (Phi) is 5.58. The van der Waals surface area contributed by atoms with Gasteiger partial charge in [-0.25, -0.2) is 9.97 Å². The summed E-state index contributed by atoms with van der Waals surface area (Å²) >= 11 is 12.2. The van der Waals surface area contributed by atoms with Crippen LogP contribution in [0.2, 0.25) is 10.0 Å². The molecule has 0 aliphatic rings. The minimum atomic E-state index is -0.902. The number of fused-ring (bicyclic) bond motifs is 1. The molecule has 0 spiro atoms. The van der Waals surface area contributed by atoms with Crippen LogP contribution < -0.4 is 4.74 Å². The highest BCUT2D eigenvalue weighted by Gasteiger charge is 2.19. The van der Waals surface area contributed by atoms with Gasteiger partial charge in [0.05, 0.1) is 22.2 Å². The van der Waals surface area contributed by atoms with Gasteiger partial charge in [0, 0.05) is 30.3 Å². The Morgan fingerprint density at radius 1 is 1.31 bits per heavy atom. The number of rotatable bonds is 7. The first-order valence-electron chi connectivity index (χ1n) is 7.91. The number of halogens is 2. The van der Waals surface area contributed by atoms with Gasteiger partial charge in [0.1, 0.15) is 5.75 Å². The molecule has 3 aromatic rings. The first-order chi connectivity index (χ1) is 12.5. The molecule has 136 valence electrons. The highest BCUT2D eigenvalue weighted by molar-refractivity contribution is 6.32. The zero-order chi connectivity index (χ0) is 18.7. The zero-order valence-corrected chi connectivity index (χ0v) is 15.3. The number of carboxylic acids is 1. The van der Waals surface area contributed by atoms with Crippen molar-refractivity contribution in [2.45, 2.75) is 32.3 Å². The second-order valence-electron chi connectivity index (χ2n) is 5.58. The molecule has 0 amide bonds. The van der Waals surface area contributed by atoms with Crippen LogP contribution >= 0.6 is 23.2 Å².